The summed E-state index contributed by atoms with van der Waals surface area (Å²) in [7, 11) is -1.83. The third kappa shape index (κ3) is 2.77. The van der Waals surface area contributed by atoms with Crippen molar-refractivity contribution < 1.29 is 13.2 Å². The fourth-order valence-corrected chi connectivity index (χ4v) is 4.83. The van der Waals surface area contributed by atoms with Crippen LogP contribution in [-0.2, 0) is 9.84 Å². The van der Waals surface area contributed by atoms with Crippen LogP contribution in [-0.4, -0.2) is 15.5 Å². The Kier molecular flexibility index (Phi) is 4.00. The fourth-order valence-electron chi connectivity index (χ4n) is 2.09. The van der Waals surface area contributed by atoms with Crippen molar-refractivity contribution in [3.05, 3.63) is 66.7 Å². The van der Waals surface area contributed by atoms with Gasteiger partial charge >= 0.3 is 0 Å². The molecule has 0 aliphatic rings. The van der Waals surface area contributed by atoms with Gasteiger partial charge in [0.05, 0.1) is 12.0 Å². The minimum Gasteiger partial charge on any atom is -0.497 e. The van der Waals surface area contributed by atoms with Crippen molar-refractivity contribution in [1.82, 2.24) is 0 Å². The van der Waals surface area contributed by atoms with Crippen molar-refractivity contribution in [2.24, 2.45) is 0 Å². The highest BCUT2D eigenvalue weighted by Crippen LogP contribution is 2.34. The second-order valence-corrected chi connectivity index (χ2v) is 7.92. The first-order valence-electron chi connectivity index (χ1n) is 6.65. The van der Waals surface area contributed by atoms with E-state index in [0.717, 1.165) is 16.2 Å². The summed E-state index contributed by atoms with van der Waals surface area (Å²) in [5.41, 5.74) is 0.973. The Morgan fingerprint density at radius 3 is 2.18 bits per heavy atom. The Labute approximate surface area is 133 Å². The molecule has 0 saturated carbocycles. The third-order valence-corrected chi connectivity index (χ3v) is 6.67. The molecule has 0 atom stereocenters. The summed E-state index contributed by atoms with van der Waals surface area (Å²) in [6.07, 6.45) is 0. The quantitative estimate of drug-likeness (QED) is 0.718. The Morgan fingerprint density at radius 1 is 0.864 bits per heavy atom. The van der Waals surface area contributed by atoms with Gasteiger partial charge in [0.25, 0.3) is 0 Å². The highest BCUT2D eigenvalue weighted by Gasteiger charge is 2.19. The number of ether oxygens (including phenoxy) is 1. The number of hydrogen-bond donors (Lipinski definition) is 0. The lowest BCUT2D eigenvalue weighted by Gasteiger charge is -2.02. The summed E-state index contributed by atoms with van der Waals surface area (Å²) < 4.78 is 30.6. The standard InChI is InChI=1S/C17H14O3S2/c1-20-14-9-7-13(8-10-14)16-11-12-17(21-16)22(18,19)15-5-3-2-4-6-15/h2-12H,1H3. The van der Waals surface area contributed by atoms with Gasteiger partial charge in [-0.05, 0) is 54.1 Å². The Morgan fingerprint density at radius 2 is 1.55 bits per heavy atom. The summed E-state index contributed by atoms with van der Waals surface area (Å²) in [5, 5.41) is 0. The number of rotatable bonds is 4. The molecule has 0 unspecified atom stereocenters. The minimum atomic E-state index is -3.45. The summed E-state index contributed by atoms with van der Waals surface area (Å²) in [6, 6.07) is 19.5. The van der Waals surface area contributed by atoms with Crippen LogP contribution < -0.4 is 4.74 Å². The zero-order valence-electron chi connectivity index (χ0n) is 11.9. The molecule has 0 radical (unpaired) electrons. The van der Waals surface area contributed by atoms with Gasteiger partial charge in [0.2, 0.25) is 9.84 Å². The molecule has 0 N–H and O–H groups in total. The minimum absolute atomic E-state index is 0.318. The number of methoxy groups -OCH3 is 1. The van der Waals surface area contributed by atoms with Gasteiger partial charge in [-0.25, -0.2) is 8.42 Å². The van der Waals surface area contributed by atoms with Gasteiger partial charge in [-0.2, -0.15) is 0 Å². The first kappa shape index (κ1) is 14.8. The second kappa shape index (κ2) is 5.94. The van der Waals surface area contributed by atoms with E-state index in [1.807, 2.05) is 30.3 Å². The highest BCUT2D eigenvalue weighted by atomic mass is 32.2. The largest absolute Gasteiger partial charge is 0.497 e. The van der Waals surface area contributed by atoms with Crippen LogP contribution in [0.25, 0.3) is 10.4 Å². The highest BCUT2D eigenvalue weighted by molar-refractivity contribution is 7.93. The van der Waals surface area contributed by atoms with Crippen LogP contribution >= 0.6 is 11.3 Å². The number of thiophene rings is 1. The average molecular weight is 330 g/mol. The smallest absolute Gasteiger partial charge is 0.215 e. The van der Waals surface area contributed by atoms with E-state index in [0.29, 0.717) is 9.10 Å². The Hall–Kier alpha value is -2.11. The molecule has 3 nitrogen and oxygen atoms in total. The zero-order valence-corrected chi connectivity index (χ0v) is 13.5. The topological polar surface area (TPSA) is 43.4 Å². The zero-order chi connectivity index (χ0) is 15.6. The molecule has 0 bridgehead atoms. The van der Waals surface area contributed by atoms with Crippen molar-refractivity contribution in [2.75, 3.05) is 7.11 Å². The van der Waals surface area contributed by atoms with Crippen molar-refractivity contribution in [2.45, 2.75) is 9.10 Å². The van der Waals surface area contributed by atoms with Crippen LogP contribution in [0.4, 0.5) is 0 Å². The van der Waals surface area contributed by atoms with Crippen LogP contribution in [0.2, 0.25) is 0 Å². The monoisotopic (exact) mass is 330 g/mol. The molecular weight excluding hydrogens is 316 g/mol. The summed E-state index contributed by atoms with van der Waals surface area (Å²) >= 11 is 1.27. The lowest BCUT2D eigenvalue weighted by Crippen LogP contribution is -1.98. The summed E-state index contributed by atoms with van der Waals surface area (Å²) in [5.74, 6) is 0.775. The predicted octanol–water partition coefficient (Wildman–Crippen LogP) is 4.26. The molecule has 0 aliphatic carbocycles. The number of benzene rings is 2. The molecule has 0 saturated heterocycles. The molecule has 3 aromatic rings. The second-order valence-electron chi connectivity index (χ2n) is 4.66. The number of hydrogen-bond acceptors (Lipinski definition) is 4. The lowest BCUT2D eigenvalue weighted by molar-refractivity contribution is 0.415. The Bertz CT molecular complexity index is 864. The van der Waals surface area contributed by atoms with Crippen LogP contribution in [0.5, 0.6) is 5.75 Å². The van der Waals surface area contributed by atoms with Crippen molar-refractivity contribution in [3.63, 3.8) is 0 Å². The van der Waals surface area contributed by atoms with Crippen molar-refractivity contribution >= 4 is 21.2 Å². The molecule has 0 amide bonds. The predicted molar refractivity (Wildman–Crippen MR) is 88.2 cm³/mol. The maximum Gasteiger partial charge on any atom is 0.215 e. The van der Waals surface area contributed by atoms with E-state index in [2.05, 4.69) is 0 Å². The van der Waals surface area contributed by atoms with Crippen molar-refractivity contribution in [3.8, 4) is 16.2 Å². The van der Waals surface area contributed by atoms with E-state index in [-0.39, 0.29) is 0 Å². The molecular formula is C17H14O3S2. The van der Waals surface area contributed by atoms with Crippen LogP contribution in [0.15, 0.2) is 75.8 Å². The van der Waals surface area contributed by atoms with Crippen LogP contribution in [0.1, 0.15) is 0 Å². The lowest BCUT2D eigenvalue weighted by atomic mass is 10.2. The van der Waals surface area contributed by atoms with Gasteiger partial charge in [0.1, 0.15) is 9.96 Å². The number of sulfone groups is 1. The average Bonchev–Trinajstić information content (AvgIpc) is 3.06. The molecule has 2 aromatic carbocycles. The first-order valence-corrected chi connectivity index (χ1v) is 8.95. The fraction of sp³-hybridized carbons (Fsp3) is 0.0588. The van der Waals surface area contributed by atoms with Crippen LogP contribution in [0, 0.1) is 0 Å². The molecule has 1 aromatic heterocycles. The van der Waals surface area contributed by atoms with Gasteiger partial charge in [0.15, 0.2) is 0 Å². The first-order chi connectivity index (χ1) is 10.6. The van der Waals surface area contributed by atoms with E-state index >= 15 is 0 Å². The van der Waals surface area contributed by atoms with E-state index < -0.39 is 9.84 Å². The van der Waals surface area contributed by atoms with E-state index in [1.54, 1.807) is 43.5 Å². The SMILES string of the molecule is COc1ccc(-c2ccc(S(=O)(=O)c3ccccc3)s2)cc1. The maximum atomic E-state index is 12.6. The van der Waals surface area contributed by atoms with Gasteiger partial charge in [-0.15, -0.1) is 11.3 Å². The van der Waals surface area contributed by atoms with Gasteiger partial charge < -0.3 is 4.74 Å². The van der Waals surface area contributed by atoms with Gasteiger partial charge in [-0.1, -0.05) is 18.2 Å². The normalized spacial score (nSPS) is 11.3. The maximum absolute atomic E-state index is 12.6. The molecule has 5 heteroatoms. The summed E-state index contributed by atoms with van der Waals surface area (Å²) in [4.78, 5) is 1.23. The molecule has 22 heavy (non-hydrogen) atoms. The Balaban J connectivity index is 1.96. The van der Waals surface area contributed by atoms with E-state index in [1.165, 1.54) is 11.3 Å². The molecule has 112 valence electrons. The van der Waals surface area contributed by atoms with E-state index in [4.69, 9.17) is 4.74 Å². The molecule has 3 rings (SSSR count). The van der Waals surface area contributed by atoms with Crippen molar-refractivity contribution in [1.29, 1.82) is 0 Å². The van der Waals surface area contributed by atoms with Gasteiger partial charge in [0, 0.05) is 4.88 Å². The summed E-state index contributed by atoms with van der Waals surface area (Å²) in [6.45, 7) is 0. The molecule has 1 heterocycles. The van der Waals surface area contributed by atoms with Gasteiger partial charge in [-0.3, -0.25) is 0 Å². The third-order valence-electron chi connectivity index (χ3n) is 3.27. The molecule has 0 spiro atoms. The molecule has 0 fully saturated rings. The van der Waals surface area contributed by atoms with E-state index in [9.17, 15) is 8.42 Å². The molecule has 0 aliphatic heterocycles. The van der Waals surface area contributed by atoms with Crippen LogP contribution in [0.3, 0.4) is 0 Å².